The summed E-state index contributed by atoms with van der Waals surface area (Å²) in [6.45, 7) is 1.72. The molecule has 0 spiro atoms. The predicted octanol–water partition coefficient (Wildman–Crippen LogP) is 0.404. The van der Waals surface area contributed by atoms with Crippen LogP contribution >= 0.6 is 0 Å². The minimum atomic E-state index is -1.21. The Bertz CT molecular complexity index is 320. The summed E-state index contributed by atoms with van der Waals surface area (Å²) in [6, 6.07) is 0. The molecule has 2 heterocycles. The van der Waals surface area contributed by atoms with Crippen molar-refractivity contribution in [2.24, 2.45) is 5.92 Å². The first-order chi connectivity index (χ1) is 7.00. The first kappa shape index (κ1) is 10.6. The molecule has 0 aromatic rings. The number of carboxylic acids is 1. The van der Waals surface area contributed by atoms with Gasteiger partial charge in [0.05, 0.1) is 0 Å². The van der Waals surface area contributed by atoms with Crippen LogP contribution in [0.2, 0.25) is 0 Å². The van der Waals surface area contributed by atoms with Crippen molar-refractivity contribution < 1.29 is 24.1 Å². The third-order valence-electron chi connectivity index (χ3n) is 3.24. The summed E-state index contributed by atoms with van der Waals surface area (Å²) in [4.78, 5) is 11.3. The number of methoxy groups -OCH3 is 2. The fourth-order valence-corrected chi connectivity index (χ4v) is 2.54. The lowest BCUT2D eigenvalue weighted by Crippen LogP contribution is -2.54. The summed E-state index contributed by atoms with van der Waals surface area (Å²) >= 11 is 0. The molecule has 2 aliphatic rings. The molecule has 0 amide bonds. The SMILES string of the molecule is COC1(OC)C2C=CC(C)(O2)C1C(=O)O. The van der Waals surface area contributed by atoms with E-state index >= 15 is 0 Å². The third-order valence-corrected chi connectivity index (χ3v) is 3.24. The lowest BCUT2D eigenvalue weighted by Gasteiger charge is -2.36. The lowest BCUT2D eigenvalue weighted by molar-refractivity contribution is -0.243. The molecule has 15 heavy (non-hydrogen) atoms. The second-order valence-corrected chi connectivity index (χ2v) is 3.98. The zero-order chi connectivity index (χ0) is 11.3. The van der Waals surface area contributed by atoms with Crippen molar-refractivity contribution in [3.05, 3.63) is 12.2 Å². The van der Waals surface area contributed by atoms with Crippen LogP contribution in [0.15, 0.2) is 12.2 Å². The monoisotopic (exact) mass is 214 g/mol. The van der Waals surface area contributed by atoms with E-state index in [0.717, 1.165) is 0 Å². The third kappa shape index (κ3) is 1.11. The minimum Gasteiger partial charge on any atom is -0.481 e. The van der Waals surface area contributed by atoms with Gasteiger partial charge in [-0.15, -0.1) is 0 Å². The number of fused-ring (bicyclic) bond motifs is 2. The van der Waals surface area contributed by atoms with Crippen molar-refractivity contribution in [2.75, 3.05) is 14.2 Å². The highest BCUT2D eigenvalue weighted by molar-refractivity contribution is 5.75. The van der Waals surface area contributed by atoms with E-state index in [1.165, 1.54) is 14.2 Å². The maximum absolute atomic E-state index is 11.3. The number of hydrogen-bond donors (Lipinski definition) is 1. The molecule has 5 heteroatoms. The Morgan fingerprint density at radius 3 is 2.47 bits per heavy atom. The lowest BCUT2D eigenvalue weighted by atomic mass is 9.79. The van der Waals surface area contributed by atoms with E-state index in [1.807, 2.05) is 0 Å². The summed E-state index contributed by atoms with van der Waals surface area (Å²) < 4.78 is 16.1. The van der Waals surface area contributed by atoms with E-state index in [9.17, 15) is 9.90 Å². The Morgan fingerprint density at radius 1 is 1.47 bits per heavy atom. The highest BCUT2D eigenvalue weighted by Crippen LogP contribution is 2.51. The van der Waals surface area contributed by atoms with Crippen LogP contribution < -0.4 is 0 Å². The van der Waals surface area contributed by atoms with Gasteiger partial charge in [-0.05, 0) is 6.92 Å². The number of carbonyl (C=O) groups is 1. The van der Waals surface area contributed by atoms with Gasteiger partial charge in [0.2, 0.25) is 5.79 Å². The van der Waals surface area contributed by atoms with E-state index < -0.39 is 29.4 Å². The van der Waals surface area contributed by atoms with Crippen molar-refractivity contribution in [3.8, 4) is 0 Å². The second-order valence-electron chi connectivity index (χ2n) is 3.98. The van der Waals surface area contributed by atoms with E-state index in [4.69, 9.17) is 14.2 Å². The molecule has 0 aliphatic carbocycles. The molecule has 84 valence electrons. The quantitative estimate of drug-likeness (QED) is 0.544. The van der Waals surface area contributed by atoms with Crippen LogP contribution in [0, 0.1) is 5.92 Å². The molecule has 5 nitrogen and oxygen atoms in total. The van der Waals surface area contributed by atoms with Crippen LogP contribution in [-0.4, -0.2) is 42.8 Å². The van der Waals surface area contributed by atoms with E-state index in [1.54, 1.807) is 19.1 Å². The van der Waals surface area contributed by atoms with Crippen LogP contribution in [0.25, 0.3) is 0 Å². The van der Waals surface area contributed by atoms with Gasteiger partial charge in [-0.3, -0.25) is 4.79 Å². The van der Waals surface area contributed by atoms with Crippen LogP contribution in [0.4, 0.5) is 0 Å². The first-order valence-corrected chi connectivity index (χ1v) is 4.70. The smallest absolute Gasteiger partial charge is 0.315 e. The first-order valence-electron chi connectivity index (χ1n) is 4.70. The van der Waals surface area contributed by atoms with Crippen molar-refractivity contribution in [2.45, 2.75) is 24.4 Å². The van der Waals surface area contributed by atoms with Crippen LogP contribution in [-0.2, 0) is 19.0 Å². The van der Waals surface area contributed by atoms with Gasteiger partial charge in [0.15, 0.2) is 0 Å². The number of rotatable bonds is 3. The van der Waals surface area contributed by atoms with Crippen molar-refractivity contribution in [3.63, 3.8) is 0 Å². The van der Waals surface area contributed by atoms with Gasteiger partial charge in [0.1, 0.15) is 17.6 Å². The molecule has 0 radical (unpaired) electrons. The predicted molar refractivity (Wildman–Crippen MR) is 50.3 cm³/mol. The Labute approximate surface area is 87.6 Å². The molecule has 3 atom stereocenters. The molecular weight excluding hydrogens is 200 g/mol. The Kier molecular flexibility index (Phi) is 2.15. The Morgan fingerprint density at radius 2 is 2.07 bits per heavy atom. The molecule has 0 aromatic heterocycles. The van der Waals surface area contributed by atoms with Crippen molar-refractivity contribution in [1.82, 2.24) is 0 Å². The van der Waals surface area contributed by atoms with E-state index in [0.29, 0.717) is 0 Å². The fraction of sp³-hybridized carbons (Fsp3) is 0.700. The Balaban J connectivity index is 2.48. The summed E-state index contributed by atoms with van der Waals surface area (Å²) in [6.07, 6.45) is 3.08. The summed E-state index contributed by atoms with van der Waals surface area (Å²) in [7, 11) is 2.86. The second kappa shape index (κ2) is 3.04. The number of hydrogen-bond acceptors (Lipinski definition) is 4. The van der Waals surface area contributed by atoms with Crippen LogP contribution in [0.3, 0.4) is 0 Å². The molecular formula is C10H14O5. The molecule has 2 rings (SSSR count). The van der Waals surface area contributed by atoms with Crippen LogP contribution in [0.1, 0.15) is 6.92 Å². The molecule has 3 unspecified atom stereocenters. The zero-order valence-corrected chi connectivity index (χ0v) is 8.89. The van der Waals surface area contributed by atoms with Crippen LogP contribution in [0.5, 0.6) is 0 Å². The van der Waals surface area contributed by atoms with Gasteiger partial charge in [-0.25, -0.2) is 0 Å². The summed E-state index contributed by atoms with van der Waals surface area (Å²) in [5, 5.41) is 9.22. The highest BCUT2D eigenvalue weighted by atomic mass is 16.7. The van der Waals surface area contributed by atoms with Gasteiger partial charge in [0.25, 0.3) is 0 Å². The minimum absolute atomic E-state index is 0.460. The van der Waals surface area contributed by atoms with E-state index in [2.05, 4.69) is 0 Å². The van der Waals surface area contributed by atoms with Crippen molar-refractivity contribution in [1.29, 1.82) is 0 Å². The molecule has 0 saturated carbocycles. The molecule has 0 aromatic carbocycles. The largest absolute Gasteiger partial charge is 0.481 e. The van der Waals surface area contributed by atoms with Gasteiger partial charge in [-0.2, -0.15) is 0 Å². The van der Waals surface area contributed by atoms with Crippen molar-refractivity contribution >= 4 is 5.97 Å². The molecule has 2 bridgehead atoms. The van der Waals surface area contributed by atoms with Gasteiger partial charge < -0.3 is 19.3 Å². The maximum atomic E-state index is 11.3. The molecule has 1 saturated heterocycles. The average Bonchev–Trinajstić information content (AvgIpc) is 2.68. The maximum Gasteiger partial charge on any atom is 0.315 e. The number of carboxylic acid groups (broad SMARTS) is 1. The average molecular weight is 214 g/mol. The Hall–Kier alpha value is -0.910. The fourth-order valence-electron chi connectivity index (χ4n) is 2.54. The summed E-state index contributed by atoms with van der Waals surface area (Å²) in [5.41, 5.74) is -0.845. The topological polar surface area (TPSA) is 65.0 Å². The standard InChI is InChI=1S/C10H14O5/c1-9-5-4-6(15-9)10(13-2,14-3)7(9)8(11)12/h4-7H,1-3H3,(H,11,12). The normalized spacial score (nSPS) is 41.0. The number of aliphatic carboxylic acids is 1. The van der Waals surface area contributed by atoms with Gasteiger partial charge in [-0.1, -0.05) is 12.2 Å². The summed E-state index contributed by atoms with van der Waals surface area (Å²) in [5.74, 6) is -3.04. The van der Waals surface area contributed by atoms with Gasteiger partial charge in [0, 0.05) is 14.2 Å². The molecule has 1 N–H and O–H groups in total. The van der Waals surface area contributed by atoms with E-state index in [-0.39, 0.29) is 0 Å². The molecule has 2 aliphatic heterocycles. The zero-order valence-electron chi connectivity index (χ0n) is 8.89. The highest BCUT2D eigenvalue weighted by Gasteiger charge is 2.68. The number of ether oxygens (including phenoxy) is 3. The molecule has 1 fully saturated rings. The van der Waals surface area contributed by atoms with Gasteiger partial charge >= 0.3 is 5.97 Å².